The summed E-state index contributed by atoms with van der Waals surface area (Å²) in [6, 6.07) is 6.98. The number of aromatic nitrogens is 2. The van der Waals surface area contributed by atoms with Crippen LogP contribution in [0.2, 0.25) is 0 Å². The summed E-state index contributed by atoms with van der Waals surface area (Å²) in [4.78, 5) is 16.6. The number of rotatable bonds is 4. The van der Waals surface area contributed by atoms with Gasteiger partial charge >= 0.3 is 6.18 Å². The summed E-state index contributed by atoms with van der Waals surface area (Å²) in [5.41, 5.74) is -1.01. The minimum Gasteiger partial charge on any atom is -0.396 e. The number of aliphatic hydroxyl groups excluding tert-OH is 1. The molecule has 32 heavy (non-hydrogen) atoms. The molecule has 1 aromatic heterocycles. The van der Waals surface area contributed by atoms with Crippen LogP contribution in [0.25, 0.3) is 0 Å². The molecule has 0 bridgehead atoms. The molecule has 0 spiro atoms. The van der Waals surface area contributed by atoms with Gasteiger partial charge < -0.3 is 14.9 Å². The van der Waals surface area contributed by atoms with Crippen LogP contribution in [-0.4, -0.2) is 58.5 Å². The van der Waals surface area contributed by atoms with Crippen LogP contribution < -0.4 is 4.90 Å². The van der Waals surface area contributed by atoms with Gasteiger partial charge in [-0.3, -0.25) is 9.48 Å². The van der Waals surface area contributed by atoms with E-state index in [0.717, 1.165) is 6.07 Å². The Balaban J connectivity index is 1.58. The van der Waals surface area contributed by atoms with E-state index in [0.29, 0.717) is 50.5 Å². The first kappa shape index (κ1) is 22.1. The van der Waals surface area contributed by atoms with E-state index in [1.54, 1.807) is 27.9 Å². The molecule has 7 nitrogen and oxygen atoms in total. The van der Waals surface area contributed by atoms with Gasteiger partial charge in [-0.25, -0.2) is 0 Å². The summed E-state index contributed by atoms with van der Waals surface area (Å²) in [5.74, 6) is -0.222. The van der Waals surface area contributed by atoms with Gasteiger partial charge in [-0.05, 0) is 37.6 Å². The van der Waals surface area contributed by atoms with Crippen molar-refractivity contribution in [2.75, 3.05) is 37.7 Å². The molecule has 3 heterocycles. The van der Waals surface area contributed by atoms with E-state index in [-0.39, 0.29) is 18.4 Å². The number of aliphatic hydroxyl groups is 1. The second-order valence-corrected chi connectivity index (χ2v) is 8.47. The summed E-state index contributed by atoms with van der Waals surface area (Å²) in [6.07, 6.45) is -2.49. The van der Waals surface area contributed by atoms with Gasteiger partial charge in [0, 0.05) is 55.9 Å². The monoisotopic (exact) mass is 447 g/mol. The van der Waals surface area contributed by atoms with E-state index < -0.39 is 22.7 Å². The molecule has 2 fully saturated rings. The number of piperidine rings is 1. The van der Waals surface area contributed by atoms with Crippen molar-refractivity contribution in [3.8, 4) is 6.07 Å². The Hall–Kier alpha value is -3.06. The topological polar surface area (TPSA) is 85.4 Å². The number of halogens is 3. The van der Waals surface area contributed by atoms with Gasteiger partial charge in [-0.15, -0.1) is 0 Å². The van der Waals surface area contributed by atoms with Gasteiger partial charge in [0.05, 0.1) is 23.8 Å². The Bertz CT molecular complexity index is 1060. The van der Waals surface area contributed by atoms with Gasteiger partial charge in [0.25, 0.3) is 5.91 Å². The summed E-state index contributed by atoms with van der Waals surface area (Å²) in [5, 5.41) is 23.4. The molecular formula is C22H24F3N5O2. The molecule has 1 N–H and O–H groups in total. The number of fused-ring (bicyclic) bond motifs is 1. The Morgan fingerprint density at radius 1 is 1.34 bits per heavy atom. The number of nitrogens with zero attached hydrogens (tertiary/aromatic N) is 5. The third kappa shape index (κ3) is 3.71. The maximum Gasteiger partial charge on any atom is 0.417 e. The summed E-state index contributed by atoms with van der Waals surface area (Å²) in [6.45, 7) is 4.05. The van der Waals surface area contributed by atoms with Crippen LogP contribution in [0.1, 0.15) is 35.0 Å². The minimum absolute atomic E-state index is 0.0896. The van der Waals surface area contributed by atoms with Crippen molar-refractivity contribution in [1.82, 2.24) is 14.7 Å². The first-order chi connectivity index (χ1) is 15.2. The van der Waals surface area contributed by atoms with Crippen LogP contribution in [0.15, 0.2) is 30.5 Å². The Morgan fingerprint density at radius 2 is 2.12 bits per heavy atom. The summed E-state index contributed by atoms with van der Waals surface area (Å²) >= 11 is 0. The number of nitriles is 1. The van der Waals surface area contributed by atoms with Crippen LogP contribution in [0, 0.1) is 22.7 Å². The molecule has 1 amide bonds. The molecular weight excluding hydrogens is 423 g/mol. The minimum atomic E-state index is -4.63. The lowest BCUT2D eigenvalue weighted by atomic mass is 9.73. The number of carbonyl (C=O) groups excluding carboxylic acids is 1. The standard InChI is InChI=1S/C22H24F3N5O2/c1-2-30-19(5-7-27-30)20(32)28-8-6-21(14-31)13-29(12-16(21)11-28)17-4-3-15(10-26)18(9-17)22(23,24)25/h3-5,7,9,16,31H,2,6,8,11-14H2,1H3/t16-,21+/m1/s1. The zero-order valence-electron chi connectivity index (χ0n) is 17.6. The fourth-order valence-corrected chi connectivity index (χ4v) is 4.91. The quantitative estimate of drug-likeness (QED) is 0.779. The van der Waals surface area contributed by atoms with Crippen LogP contribution in [0.4, 0.5) is 18.9 Å². The SMILES string of the molecule is CCn1nccc1C(=O)N1CC[C@@]2(CO)CN(c3ccc(C#N)c(C(F)(F)F)c3)C[C@H]2C1. The van der Waals surface area contributed by atoms with Crippen molar-refractivity contribution in [2.24, 2.45) is 11.3 Å². The van der Waals surface area contributed by atoms with Crippen molar-refractivity contribution in [3.63, 3.8) is 0 Å². The normalized spacial score (nSPS) is 23.2. The highest BCUT2D eigenvalue weighted by Crippen LogP contribution is 2.45. The highest BCUT2D eigenvalue weighted by Gasteiger charge is 2.50. The number of alkyl halides is 3. The third-order valence-electron chi connectivity index (χ3n) is 6.76. The lowest BCUT2D eigenvalue weighted by molar-refractivity contribution is -0.137. The van der Waals surface area contributed by atoms with Crippen LogP contribution in [-0.2, 0) is 12.7 Å². The van der Waals surface area contributed by atoms with Crippen LogP contribution in [0.3, 0.4) is 0 Å². The predicted molar refractivity (Wildman–Crippen MR) is 110 cm³/mol. The van der Waals surface area contributed by atoms with Gasteiger partial charge in [0.15, 0.2) is 0 Å². The van der Waals surface area contributed by atoms with Crippen molar-refractivity contribution < 1.29 is 23.1 Å². The van der Waals surface area contributed by atoms with E-state index >= 15 is 0 Å². The Kier molecular flexibility index (Phi) is 5.63. The molecule has 4 rings (SSSR count). The van der Waals surface area contributed by atoms with Crippen molar-refractivity contribution in [2.45, 2.75) is 26.1 Å². The Morgan fingerprint density at radius 3 is 2.78 bits per heavy atom. The van der Waals surface area contributed by atoms with Gasteiger partial charge in [-0.2, -0.15) is 23.5 Å². The van der Waals surface area contributed by atoms with Crippen molar-refractivity contribution >= 4 is 11.6 Å². The maximum atomic E-state index is 13.4. The molecule has 2 aliphatic rings. The number of benzene rings is 1. The van der Waals surface area contributed by atoms with Crippen LogP contribution >= 0.6 is 0 Å². The number of aryl methyl sites for hydroxylation is 1. The van der Waals surface area contributed by atoms with E-state index in [2.05, 4.69) is 5.10 Å². The molecule has 2 aliphatic heterocycles. The van der Waals surface area contributed by atoms with Crippen molar-refractivity contribution in [3.05, 3.63) is 47.3 Å². The van der Waals surface area contributed by atoms with Gasteiger partial charge in [0.2, 0.25) is 0 Å². The lowest BCUT2D eigenvalue weighted by Gasteiger charge is -2.42. The second-order valence-electron chi connectivity index (χ2n) is 8.47. The first-order valence-corrected chi connectivity index (χ1v) is 10.5. The van der Waals surface area contributed by atoms with Gasteiger partial charge in [-0.1, -0.05) is 0 Å². The summed E-state index contributed by atoms with van der Waals surface area (Å²) < 4.78 is 41.9. The number of hydrogen-bond acceptors (Lipinski definition) is 5. The number of anilines is 1. The average molecular weight is 447 g/mol. The zero-order chi connectivity index (χ0) is 23.1. The molecule has 0 radical (unpaired) electrons. The van der Waals surface area contributed by atoms with E-state index in [1.807, 2.05) is 11.8 Å². The first-order valence-electron chi connectivity index (χ1n) is 10.5. The smallest absolute Gasteiger partial charge is 0.396 e. The maximum absolute atomic E-state index is 13.4. The predicted octanol–water partition coefficient (Wildman–Crippen LogP) is 2.75. The van der Waals surface area contributed by atoms with E-state index in [9.17, 15) is 23.1 Å². The van der Waals surface area contributed by atoms with Gasteiger partial charge in [0.1, 0.15) is 5.69 Å². The molecule has 170 valence electrons. The average Bonchev–Trinajstić information content (AvgIpc) is 3.41. The molecule has 0 saturated carbocycles. The van der Waals surface area contributed by atoms with Crippen molar-refractivity contribution in [1.29, 1.82) is 5.26 Å². The summed E-state index contributed by atoms with van der Waals surface area (Å²) in [7, 11) is 0. The second kappa shape index (κ2) is 8.13. The molecule has 2 atom stereocenters. The molecule has 0 unspecified atom stereocenters. The fraction of sp³-hybridized carbons (Fsp3) is 0.500. The highest BCUT2D eigenvalue weighted by atomic mass is 19.4. The lowest BCUT2D eigenvalue weighted by Crippen LogP contribution is -2.50. The van der Waals surface area contributed by atoms with E-state index in [4.69, 9.17) is 5.26 Å². The number of amides is 1. The molecule has 2 aromatic rings. The van der Waals surface area contributed by atoms with E-state index in [1.165, 1.54) is 12.1 Å². The molecule has 2 saturated heterocycles. The number of hydrogen-bond donors (Lipinski definition) is 1. The number of likely N-dealkylation sites (tertiary alicyclic amines) is 1. The largest absolute Gasteiger partial charge is 0.417 e. The third-order valence-corrected chi connectivity index (χ3v) is 6.76. The number of carbonyl (C=O) groups is 1. The zero-order valence-corrected chi connectivity index (χ0v) is 17.6. The highest BCUT2D eigenvalue weighted by molar-refractivity contribution is 5.92. The molecule has 0 aliphatic carbocycles. The molecule has 10 heteroatoms. The Labute approximate surface area is 183 Å². The fourth-order valence-electron chi connectivity index (χ4n) is 4.91. The molecule has 1 aromatic carbocycles. The van der Waals surface area contributed by atoms with Crippen LogP contribution in [0.5, 0.6) is 0 Å².